The fraction of sp³-hybridized carbons (Fsp3) is 0.500. The third-order valence-corrected chi connectivity index (χ3v) is 2.14. The molecule has 0 fully saturated rings. The topological polar surface area (TPSA) is 35.8 Å². The molecule has 0 unspecified atom stereocenters. The van der Waals surface area contributed by atoms with Crippen LogP contribution in [0.1, 0.15) is 19.4 Å². The van der Waals surface area contributed by atoms with E-state index in [2.05, 4.69) is 31.3 Å². The van der Waals surface area contributed by atoms with Crippen LogP contribution in [0.2, 0.25) is 0 Å². The third-order valence-electron chi connectivity index (χ3n) is 2.14. The lowest BCUT2D eigenvalue weighted by molar-refractivity contribution is 0.462. The molecule has 1 radical (unpaired) electrons. The lowest BCUT2D eigenvalue weighted by atomic mass is 10.1. The Morgan fingerprint density at radius 3 is 2.36 bits per heavy atom. The molecule has 14 heavy (non-hydrogen) atoms. The molecule has 0 amide bonds. The Balaban J connectivity index is 2.48. The lowest BCUT2D eigenvalue weighted by Gasteiger charge is -2.19. The largest absolute Gasteiger partial charge is 0.310 e. The summed E-state index contributed by atoms with van der Waals surface area (Å²) < 4.78 is 0. The van der Waals surface area contributed by atoms with Gasteiger partial charge in [-0.2, -0.15) is 0 Å². The zero-order valence-corrected chi connectivity index (χ0v) is 8.96. The van der Waals surface area contributed by atoms with E-state index in [4.69, 9.17) is 5.73 Å². The van der Waals surface area contributed by atoms with Gasteiger partial charge in [-0.25, -0.2) is 0 Å². The van der Waals surface area contributed by atoms with Crippen molar-refractivity contribution >= 4 is 0 Å². The number of hydrogen-bond donors (Lipinski definition) is 1. The molecule has 0 heterocycles. The van der Waals surface area contributed by atoms with Crippen molar-refractivity contribution in [3.05, 3.63) is 35.9 Å². The van der Waals surface area contributed by atoms with E-state index in [0.717, 1.165) is 6.42 Å². The maximum Gasteiger partial charge on any atom is 0.0257 e. The first-order valence-corrected chi connectivity index (χ1v) is 5.17. The third kappa shape index (κ3) is 3.90. The standard InChI is InChI=1S/C12H19N2/c1-10(2)14-12(9-13)8-11-6-4-3-5-7-11/h3-7,10,12-14H,8-9H2,1-2H3/t12-/m0/s1. The van der Waals surface area contributed by atoms with Crippen molar-refractivity contribution in [3.63, 3.8) is 0 Å². The number of benzene rings is 1. The van der Waals surface area contributed by atoms with Crippen molar-refractivity contribution in [2.45, 2.75) is 32.4 Å². The molecule has 1 aromatic rings. The van der Waals surface area contributed by atoms with E-state index in [9.17, 15) is 0 Å². The average Bonchev–Trinajstić information content (AvgIpc) is 2.17. The van der Waals surface area contributed by atoms with Gasteiger partial charge < -0.3 is 5.32 Å². The van der Waals surface area contributed by atoms with E-state index in [-0.39, 0.29) is 6.04 Å². The van der Waals surface area contributed by atoms with E-state index < -0.39 is 0 Å². The maximum absolute atomic E-state index is 7.44. The van der Waals surface area contributed by atoms with Crippen LogP contribution in [0.25, 0.3) is 0 Å². The van der Waals surface area contributed by atoms with E-state index >= 15 is 0 Å². The summed E-state index contributed by atoms with van der Waals surface area (Å²) in [6, 6.07) is 11.1. The Kier molecular flexibility index (Phi) is 4.63. The minimum atomic E-state index is 0.275. The van der Waals surface area contributed by atoms with E-state index in [1.807, 2.05) is 18.2 Å². The first kappa shape index (κ1) is 11.2. The van der Waals surface area contributed by atoms with Gasteiger partial charge in [0.15, 0.2) is 0 Å². The van der Waals surface area contributed by atoms with Gasteiger partial charge in [0.05, 0.1) is 0 Å². The molecule has 0 aromatic heterocycles. The van der Waals surface area contributed by atoms with Crippen molar-refractivity contribution < 1.29 is 0 Å². The Bertz CT molecular complexity index is 244. The Morgan fingerprint density at radius 2 is 1.86 bits per heavy atom. The zero-order chi connectivity index (χ0) is 10.4. The molecule has 0 aliphatic heterocycles. The quantitative estimate of drug-likeness (QED) is 0.758. The fourth-order valence-electron chi connectivity index (χ4n) is 1.56. The van der Waals surface area contributed by atoms with Crippen LogP contribution >= 0.6 is 0 Å². The highest BCUT2D eigenvalue weighted by Gasteiger charge is 2.08. The van der Waals surface area contributed by atoms with Gasteiger partial charge in [-0.15, -0.1) is 0 Å². The molecule has 0 aliphatic rings. The van der Waals surface area contributed by atoms with Crippen LogP contribution in [-0.2, 0) is 6.42 Å². The Hall–Kier alpha value is -0.860. The van der Waals surface area contributed by atoms with Gasteiger partial charge in [-0.05, 0) is 12.0 Å². The van der Waals surface area contributed by atoms with Crippen molar-refractivity contribution in [2.75, 3.05) is 6.54 Å². The SMILES string of the molecule is CC(C)N[C@H](C[NH])Cc1ccccc1. The monoisotopic (exact) mass is 191 g/mol. The smallest absolute Gasteiger partial charge is 0.0257 e. The van der Waals surface area contributed by atoms with Gasteiger partial charge >= 0.3 is 0 Å². The van der Waals surface area contributed by atoms with Gasteiger partial charge in [-0.3, -0.25) is 5.73 Å². The molecular formula is C12H19N2. The van der Waals surface area contributed by atoms with Crippen molar-refractivity contribution in [1.82, 2.24) is 11.1 Å². The molecule has 1 aromatic carbocycles. The molecule has 2 nitrogen and oxygen atoms in total. The Morgan fingerprint density at radius 1 is 1.21 bits per heavy atom. The molecule has 1 rings (SSSR count). The van der Waals surface area contributed by atoms with Crippen LogP contribution in [0.15, 0.2) is 30.3 Å². The zero-order valence-electron chi connectivity index (χ0n) is 8.96. The number of rotatable bonds is 5. The fourth-order valence-corrected chi connectivity index (χ4v) is 1.56. The first-order chi connectivity index (χ1) is 6.72. The Labute approximate surface area is 86.5 Å². The molecule has 0 bridgehead atoms. The van der Waals surface area contributed by atoms with E-state index in [1.54, 1.807) is 0 Å². The van der Waals surface area contributed by atoms with Crippen molar-refractivity contribution in [1.29, 1.82) is 0 Å². The van der Waals surface area contributed by atoms with Gasteiger partial charge in [0.1, 0.15) is 0 Å². The van der Waals surface area contributed by atoms with Crippen LogP contribution < -0.4 is 11.1 Å². The summed E-state index contributed by atoms with van der Waals surface area (Å²) >= 11 is 0. The summed E-state index contributed by atoms with van der Waals surface area (Å²) in [6.07, 6.45) is 0.947. The van der Waals surface area contributed by atoms with E-state index in [1.165, 1.54) is 5.56 Å². The molecule has 0 saturated carbocycles. The molecule has 2 N–H and O–H groups in total. The normalized spacial score (nSPS) is 13.1. The predicted molar refractivity (Wildman–Crippen MR) is 60.2 cm³/mol. The summed E-state index contributed by atoms with van der Waals surface area (Å²) in [5.41, 5.74) is 8.74. The van der Waals surface area contributed by atoms with Crippen molar-refractivity contribution in [2.24, 2.45) is 0 Å². The number of nitrogens with one attached hydrogen (secondary N) is 2. The van der Waals surface area contributed by atoms with Crippen LogP contribution in [0.5, 0.6) is 0 Å². The van der Waals surface area contributed by atoms with Crippen LogP contribution in [0, 0.1) is 0 Å². The van der Waals surface area contributed by atoms with Gasteiger partial charge in [0.2, 0.25) is 0 Å². The molecule has 0 aliphatic carbocycles. The minimum Gasteiger partial charge on any atom is -0.310 e. The molecule has 1 atom stereocenters. The summed E-state index contributed by atoms with van der Waals surface area (Å²) in [6.45, 7) is 4.67. The summed E-state index contributed by atoms with van der Waals surface area (Å²) in [5.74, 6) is 0. The molecule has 0 saturated heterocycles. The highest BCUT2D eigenvalue weighted by molar-refractivity contribution is 5.15. The molecule has 77 valence electrons. The van der Waals surface area contributed by atoms with Crippen LogP contribution in [0.3, 0.4) is 0 Å². The van der Waals surface area contributed by atoms with Gasteiger partial charge in [0, 0.05) is 18.6 Å². The second-order valence-corrected chi connectivity index (χ2v) is 3.91. The molecule has 0 spiro atoms. The average molecular weight is 191 g/mol. The second kappa shape index (κ2) is 5.78. The van der Waals surface area contributed by atoms with Crippen molar-refractivity contribution in [3.8, 4) is 0 Å². The highest BCUT2D eigenvalue weighted by atomic mass is 15.0. The number of hydrogen-bond acceptors (Lipinski definition) is 1. The lowest BCUT2D eigenvalue weighted by Crippen LogP contribution is -2.39. The van der Waals surface area contributed by atoms with Gasteiger partial charge in [-0.1, -0.05) is 44.2 Å². The van der Waals surface area contributed by atoms with E-state index in [0.29, 0.717) is 12.6 Å². The maximum atomic E-state index is 7.44. The second-order valence-electron chi connectivity index (χ2n) is 3.91. The minimum absolute atomic E-state index is 0.275. The van der Waals surface area contributed by atoms with Crippen LogP contribution in [-0.4, -0.2) is 18.6 Å². The predicted octanol–water partition coefficient (Wildman–Crippen LogP) is 1.88. The summed E-state index contributed by atoms with van der Waals surface area (Å²) in [5, 5.41) is 3.39. The first-order valence-electron chi connectivity index (χ1n) is 5.17. The molecular weight excluding hydrogens is 172 g/mol. The highest BCUT2D eigenvalue weighted by Crippen LogP contribution is 2.03. The molecule has 2 heteroatoms. The summed E-state index contributed by atoms with van der Waals surface area (Å²) in [4.78, 5) is 0. The van der Waals surface area contributed by atoms with Gasteiger partial charge in [0.25, 0.3) is 0 Å². The van der Waals surface area contributed by atoms with Crippen LogP contribution in [0.4, 0.5) is 0 Å². The summed E-state index contributed by atoms with van der Waals surface area (Å²) in [7, 11) is 0.